The van der Waals surface area contributed by atoms with Crippen molar-refractivity contribution >= 4 is 23.2 Å². The molecule has 0 aliphatic rings. The first-order valence-corrected chi connectivity index (χ1v) is 10.2. The lowest BCUT2D eigenvalue weighted by Gasteiger charge is -2.06. The number of hydrogen-bond donors (Lipinski definition) is 2. The predicted octanol–water partition coefficient (Wildman–Crippen LogP) is 3.12. The first kappa shape index (κ1) is 20.5. The molecular formula is C22H23N3O3S. The third-order valence-electron chi connectivity index (χ3n) is 4.09. The standard InChI is InChI=1S/C22H23N3O3S/c1-16-7-9-19(10-8-16)28-14-21-25-18(15-29-21)13-20(26)23-11-12-24-22(27)17-5-3-2-4-6-17/h2-10,15H,11-14H2,1H3,(H,23,26)(H,24,27). The van der Waals surface area contributed by atoms with Crippen molar-refractivity contribution in [2.45, 2.75) is 20.0 Å². The number of thiazole rings is 1. The van der Waals surface area contributed by atoms with Gasteiger partial charge >= 0.3 is 0 Å². The van der Waals surface area contributed by atoms with Crippen molar-refractivity contribution < 1.29 is 14.3 Å². The number of aryl methyl sites for hydroxylation is 1. The van der Waals surface area contributed by atoms with Gasteiger partial charge in [-0.1, -0.05) is 35.9 Å². The van der Waals surface area contributed by atoms with Crippen molar-refractivity contribution in [2.75, 3.05) is 13.1 Å². The molecule has 0 fully saturated rings. The zero-order valence-electron chi connectivity index (χ0n) is 16.2. The Morgan fingerprint density at radius 2 is 1.72 bits per heavy atom. The van der Waals surface area contributed by atoms with Crippen LogP contribution in [0.2, 0.25) is 0 Å². The SMILES string of the molecule is Cc1ccc(OCc2nc(CC(=O)NCCNC(=O)c3ccccc3)cs2)cc1. The fourth-order valence-corrected chi connectivity index (χ4v) is 3.28. The molecule has 6 nitrogen and oxygen atoms in total. The van der Waals surface area contributed by atoms with Gasteiger partial charge in [-0.05, 0) is 31.2 Å². The zero-order chi connectivity index (χ0) is 20.5. The molecule has 2 amide bonds. The number of carbonyl (C=O) groups is 2. The summed E-state index contributed by atoms with van der Waals surface area (Å²) in [6.07, 6.45) is 0.202. The average molecular weight is 410 g/mol. The fraction of sp³-hybridized carbons (Fsp3) is 0.227. The third kappa shape index (κ3) is 6.73. The Kier molecular flexibility index (Phi) is 7.35. The van der Waals surface area contributed by atoms with Crippen molar-refractivity contribution in [1.82, 2.24) is 15.6 Å². The van der Waals surface area contributed by atoms with Gasteiger partial charge in [-0.15, -0.1) is 11.3 Å². The van der Waals surface area contributed by atoms with Crippen LogP contribution in [0.1, 0.15) is 26.6 Å². The Hall–Kier alpha value is -3.19. The molecule has 7 heteroatoms. The molecule has 0 unspecified atom stereocenters. The second kappa shape index (κ2) is 10.4. The summed E-state index contributed by atoms with van der Waals surface area (Å²) in [6.45, 7) is 3.14. The number of nitrogens with one attached hydrogen (secondary N) is 2. The highest BCUT2D eigenvalue weighted by Gasteiger charge is 2.09. The van der Waals surface area contributed by atoms with Crippen LogP contribution in [0.3, 0.4) is 0 Å². The normalized spacial score (nSPS) is 10.4. The van der Waals surface area contributed by atoms with E-state index in [4.69, 9.17) is 4.74 Å². The van der Waals surface area contributed by atoms with E-state index >= 15 is 0 Å². The van der Waals surface area contributed by atoms with Crippen LogP contribution in [0.4, 0.5) is 0 Å². The molecular weight excluding hydrogens is 386 g/mol. The quantitative estimate of drug-likeness (QED) is 0.532. The number of ether oxygens (including phenoxy) is 1. The summed E-state index contributed by atoms with van der Waals surface area (Å²) in [5, 5.41) is 8.25. The second-order valence-corrected chi connectivity index (χ2v) is 7.43. The minimum Gasteiger partial charge on any atom is -0.486 e. The maximum absolute atomic E-state index is 12.1. The van der Waals surface area contributed by atoms with Crippen LogP contribution in [0.5, 0.6) is 5.75 Å². The van der Waals surface area contributed by atoms with Gasteiger partial charge in [0.2, 0.25) is 5.91 Å². The number of benzene rings is 2. The number of hydrogen-bond acceptors (Lipinski definition) is 5. The van der Waals surface area contributed by atoms with Crippen LogP contribution in [-0.4, -0.2) is 29.9 Å². The first-order valence-electron chi connectivity index (χ1n) is 9.33. The molecule has 150 valence electrons. The van der Waals surface area contributed by atoms with Gasteiger partial charge in [0.25, 0.3) is 5.91 Å². The highest BCUT2D eigenvalue weighted by Crippen LogP contribution is 2.16. The molecule has 0 saturated heterocycles. The van der Waals surface area contributed by atoms with Gasteiger partial charge in [-0.3, -0.25) is 9.59 Å². The summed E-state index contributed by atoms with van der Waals surface area (Å²) in [7, 11) is 0. The summed E-state index contributed by atoms with van der Waals surface area (Å²) in [6, 6.07) is 16.8. The minimum absolute atomic E-state index is 0.129. The van der Waals surface area contributed by atoms with Gasteiger partial charge in [0.15, 0.2) is 0 Å². The van der Waals surface area contributed by atoms with Gasteiger partial charge in [-0.25, -0.2) is 4.98 Å². The topological polar surface area (TPSA) is 80.3 Å². The minimum atomic E-state index is -0.155. The Morgan fingerprint density at radius 3 is 2.48 bits per heavy atom. The van der Waals surface area contributed by atoms with E-state index in [-0.39, 0.29) is 18.2 Å². The monoisotopic (exact) mass is 409 g/mol. The van der Waals surface area contributed by atoms with Crippen LogP contribution >= 0.6 is 11.3 Å². The van der Waals surface area contributed by atoms with Crippen molar-refractivity contribution in [2.24, 2.45) is 0 Å². The maximum Gasteiger partial charge on any atom is 0.251 e. The molecule has 0 atom stereocenters. The van der Waals surface area contributed by atoms with Crippen LogP contribution in [0.15, 0.2) is 60.0 Å². The molecule has 0 aliphatic carbocycles. The predicted molar refractivity (Wildman–Crippen MR) is 113 cm³/mol. The van der Waals surface area contributed by atoms with E-state index in [0.717, 1.165) is 10.8 Å². The molecule has 29 heavy (non-hydrogen) atoms. The van der Waals surface area contributed by atoms with E-state index in [1.54, 1.807) is 12.1 Å². The molecule has 0 radical (unpaired) electrons. The molecule has 0 saturated carbocycles. The summed E-state index contributed by atoms with van der Waals surface area (Å²) >= 11 is 1.47. The molecule has 0 spiro atoms. The lowest BCUT2D eigenvalue weighted by Crippen LogP contribution is -2.35. The number of rotatable bonds is 9. The Morgan fingerprint density at radius 1 is 1.00 bits per heavy atom. The van der Waals surface area contributed by atoms with E-state index < -0.39 is 0 Å². The van der Waals surface area contributed by atoms with Crippen molar-refractivity contribution in [3.63, 3.8) is 0 Å². The molecule has 3 aromatic rings. The smallest absolute Gasteiger partial charge is 0.251 e. The maximum atomic E-state index is 12.1. The Balaban J connectivity index is 1.35. The number of aromatic nitrogens is 1. The van der Waals surface area contributed by atoms with Crippen LogP contribution < -0.4 is 15.4 Å². The van der Waals surface area contributed by atoms with Gasteiger partial charge in [0, 0.05) is 24.0 Å². The molecule has 2 N–H and O–H groups in total. The summed E-state index contributed by atoms with van der Waals surface area (Å²) in [5.74, 6) is 0.510. The van der Waals surface area contributed by atoms with Crippen molar-refractivity contribution in [3.8, 4) is 5.75 Å². The summed E-state index contributed by atoms with van der Waals surface area (Å²) in [4.78, 5) is 28.4. The average Bonchev–Trinajstić information content (AvgIpc) is 3.18. The summed E-state index contributed by atoms with van der Waals surface area (Å²) in [5.41, 5.74) is 2.49. The van der Waals surface area contributed by atoms with E-state index in [0.29, 0.717) is 31.0 Å². The van der Waals surface area contributed by atoms with E-state index in [1.165, 1.54) is 16.9 Å². The van der Waals surface area contributed by atoms with Crippen molar-refractivity contribution in [3.05, 3.63) is 81.8 Å². The Labute approximate surface area is 173 Å². The highest BCUT2D eigenvalue weighted by molar-refractivity contribution is 7.09. The number of nitrogens with zero attached hydrogens (tertiary/aromatic N) is 1. The van der Waals surface area contributed by atoms with Crippen LogP contribution in [0, 0.1) is 6.92 Å². The van der Waals surface area contributed by atoms with Gasteiger partial charge < -0.3 is 15.4 Å². The number of carbonyl (C=O) groups excluding carboxylic acids is 2. The van der Waals surface area contributed by atoms with E-state index in [1.807, 2.05) is 54.8 Å². The lowest BCUT2D eigenvalue weighted by molar-refractivity contribution is -0.120. The molecule has 0 aliphatic heterocycles. The first-order chi connectivity index (χ1) is 14.1. The third-order valence-corrected chi connectivity index (χ3v) is 4.96. The van der Waals surface area contributed by atoms with Crippen molar-refractivity contribution in [1.29, 1.82) is 0 Å². The lowest BCUT2D eigenvalue weighted by atomic mass is 10.2. The number of amides is 2. The molecule has 0 bridgehead atoms. The second-order valence-electron chi connectivity index (χ2n) is 6.48. The van der Waals surface area contributed by atoms with Crippen LogP contribution in [-0.2, 0) is 17.8 Å². The fourth-order valence-electron chi connectivity index (χ4n) is 2.57. The summed E-state index contributed by atoms with van der Waals surface area (Å²) < 4.78 is 5.71. The molecule has 1 aromatic heterocycles. The largest absolute Gasteiger partial charge is 0.486 e. The molecule has 2 aromatic carbocycles. The van der Waals surface area contributed by atoms with E-state index in [2.05, 4.69) is 15.6 Å². The van der Waals surface area contributed by atoms with Gasteiger partial charge in [0.1, 0.15) is 17.4 Å². The Bertz CT molecular complexity index is 939. The van der Waals surface area contributed by atoms with E-state index in [9.17, 15) is 9.59 Å². The van der Waals surface area contributed by atoms with Gasteiger partial charge in [0.05, 0.1) is 12.1 Å². The van der Waals surface area contributed by atoms with Gasteiger partial charge in [-0.2, -0.15) is 0 Å². The molecule has 3 rings (SSSR count). The molecule has 1 heterocycles. The zero-order valence-corrected chi connectivity index (χ0v) is 17.0. The highest BCUT2D eigenvalue weighted by atomic mass is 32.1. The van der Waals surface area contributed by atoms with Crippen LogP contribution in [0.25, 0.3) is 0 Å².